The lowest BCUT2D eigenvalue weighted by Gasteiger charge is -2.33. The van der Waals surface area contributed by atoms with Gasteiger partial charge in [0.1, 0.15) is 17.3 Å². The van der Waals surface area contributed by atoms with E-state index >= 15 is 0 Å². The number of carbonyl (C=O) groups excluding carboxylic acids is 1. The van der Waals surface area contributed by atoms with Crippen molar-refractivity contribution in [2.75, 3.05) is 20.6 Å². The van der Waals surface area contributed by atoms with Crippen molar-refractivity contribution in [2.24, 2.45) is 0 Å². The predicted molar refractivity (Wildman–Crippen MR) is 113 cm³/mol. The molecule has 4 nitrogen and oxygen atoms in total. The second kappa shape index (κ2) is 10.3. The van der Waals surface area contributed by atoms with Crippen LogP contribution in [0.25, 0.3) is 0 Å². The van der Waals surface area contributed by atoms with E-state index in [9.17, 15) is 4.79 Å². The summed E-state index contributed by atoms with van der Waals surface area (Å²) in [4.78, 5) is 17.4. The fourth-order valence-electron chi connectivity index (χ4n) is 3.35. The fourth-order valence-corrected chi connectivity index (χ4v) is 4.54. The smallest absolute Gasteiger partial charge is 0.129 e. The second-order valence-electron chi connectivity index (χ2n) is 7.25. The maximum atomic E-state index is 11.5. The van der Waals surface area contributed by atoms with Crippen LogP contribution in [-0.4, -0.2) is 41.6 Å². The van der Waals surface area contributed by atoms with Crippen LogP contribution in [0.5, 0.6) is 0 Å². The number of furan rings is 1. The fraction of sp³-hybridized carbons (Fsp3) is 0.476. The van der Waals surface area contributed by atoms with Crippen molar-refractivity contribution in [1.82, 2.24) is 9.80 Å². The Balaban J connectivity index is 0.00000261. The molecule has 27 heavy (non-hydrogen) atoms. The van der Waals surface area contributed by atoms with Crippen molar-refractivity contribution in [3.05, 3.63) is 53.5 Å². The molecule has 0 saturated heterocycles. The quantitative estimate of drug-likeness (QED) is 0.596. The number of Topliss-reactive ketones (excluding diaryl/α,β-unsaturated/α-hetero) is 1. The Labute approximate surface area is 172 Å². The summed E-state index contributed by atoms with van der Waals surface area (Å²) in [5.74, 6) is 2.43. The van der Waals surface area contributed by atoms with E-state index in [1.807, 2.05) is 17.8 Å². The van der Waals surface area contributed by atoms with Gasteiger partial charge in [0.25, 0.3) is 0 Å². The first-order chi connectivity index (χ1) is 12.5. The number of thioether (sulfide) groups is 1. The molecule has 1 atom stereocenters. The van der Waals surface area contributed by atoms with Crippen LogP contribution in [0, 0.1) is 0 Å². The maximum absolute atomic E-state index is 11.5. The number of ketones is 1. The first kappa shape index (κ1) is 22.0. The summed E-state index contributed by atoms with van der Waals surface area (Å²) in [6.45, 7) is 4.39. The van der Waals surface area contributed by atoms with E-state index in [1.165, 1.54) is 10.5 Å². The number of carbonyl (C=O) groups is 1. The minimum Gasteiger partial charge on any atom is -0.464 e. The zero-order valence-corrected chi connectivity index (χ0v) is 17.9. The van der Waals surface area contributed by atoms with Gasteiger partial charge in [0, 0.05) is 36.4 Å². The molecule has 0 radical (unpaired) electrons. The summed E-state index contributed by atoms with van der Waals surface area (Å²) in [6, 6.07) is 12.7. The monoisotopic (exact) mass is 408 g/mol. The molecule has 1 aromatic carbocycles. The standard InChI is InChI=1S/C21H28N2O2S.ClH/c1-16(24)9-10-21(26-19-7-5-4-6-8-19)23-12-11-20-17(14-23)13-18(25-20)15-22(2)3;/h4-8,13,21H,9-12,14-15H2,1-3H3;1H. The highest BCUT2D eigenvalue weighted by atomic mass is 35.5. The third-order valence-corrected chi connectivity index (χ3v) is 5.94. The SMILES string of the molecule is CC(=O)CCC(Sc1ccccc1)N1CCc2oc(CN(C)C)cc2C1.Cl. The van der Waals surface area contributed by atoms with Crippen LogP contribution in [0.4, 0.5) is 0 Å². The largest absolute Gasteiger partial charge is 0.464 e. The first-order valence-corrected chi connectivity index (χ1v) is 10.1. The van der Waals surface area contributed by atoms with E-state index in [0.29, 0.717) is 11.8 Å². The molecule has 2 aromatic rings. The third-order valence-electron chi connectivity index (χ3n) is 4.59. The minimum atomic E-state index is 0. The summed E-state index contributed by atoms with van der Waals surface area (Å²) < 4.78 is 6.03. The molecule has 0 amide bonds. The predicted octanol–water partition coefficient (Wildman–Crippen LogP) is 4.61. The summed E-state index contributed by atoms with van der Waals surface area (Å²) in [6.07, 6.45) is 2.45. The molecule has 148 valence electrons. The van der Waals surface area contributed by atoms with Gasteiger partial charge in [0.05, 0.1) is 11.9 Å². The van der Waals surface area contributed by atoms with Crippen LogP contribution in [-0.2, 0) is 24.3 Å². The van der Waals surface area contributed by atoms with Crippen LogP contribution < -0.4 is 0 Å². The van der Waals surface area contributed by atoms with Gasteiger partial charge in [-0.15, -0.1) is 24.2 Å². The van der Waals surface area contributed by atoms with E-state index < -0.39 is 0 Å². The summed E-state index contributed by atoms with van der Waals surface area (Å²) in [5.41, 5.74) is 1.30. The second-order valence-corrected chi connectivity index (χ2v) is 8.50. The lowest BCUT2D eigenvalue weighted by Crippen LogP contribution is -2.37. The minimum absolute atomic E-state index is 0. The Morgan fingerprint density at radius 2 is 2.04 bits per heavy atom. The number of hydrogen-bond acceptors (Lipinski definition) is 5. The molecule has 2 heterocycles. The number of rotatable bonds is 8. The first-order valence-electron chi connectivity index (χ1n) is 9.21. The zero-order valence-electron chi connectivity index (χ0n) is 16.3. The molecule has 0 fully saturated rings. The Bertz CT molecular complexity index is 733. The number of halogens is 1. The third kappa shape index (κ3) is 6.39. The van der Waals surface area contributed by atoms with Gasteiger partial charge in [-0.05, 0) is 45.6 Å². The normalized spacial score (nSPS) is 15.3. The summed E-state index contributed by atoms with van der Waals surface area (Å²) in [7, 11) is 4.12. The van der Waals surface area contributed by atoms with E-state index in [0.717, 1.165) is 44.0 Å². The van der Waals surface area contributed by atoms with Crippen LogP contribution in [0.15, 0.2) is 45.7 Å². The van der Waals surface area contributed by atoms with E-state index in [-0.39, 0.29) is 18.2 Å². The molecule has 0 N–H and O–H groups in total. The van der Waals surface area contributed by atoms with Crippen LogP contribution >= 0.6 is 24.2 Å². The molecule has 1 unspecified atom stereocenters. The highest BCUT2D eigenvalue weighted by Crippen LogP contribution is 2.33. The molecule has 1 aliphatic rings. The Morgan fingerprint density at radius 1 is 1.30 bits per heavy atom. The average Bonchev–Trinajstić information content (AvgIpc) is 2.99. The zero-order chi connectivity index (χ0) is 18.5. The van der Waals surface area contributed by atoms with Crippen molar-refractivity contribution in [2.45, 2.75) is 49.5 Å². The molecule has 3 rings (SSSR count). The van der Waals surface area contributed by atoms with Crippen molar-refractivity contribution in [3.63, 3.8) is 0 Å². The van der Waals surface area contributed by atoms with Gasteiger partial charge in [0.15, 0.2) is 0 Å². The molecule has 0 spiro atoms. The van der Waals surface area contributed by atoms with Crippen LogP contribution in [0.2, 0.25) is 0 Å². The molecular weight excluding hydrogens is 380 g/mol. The Morgan fingerprint density at radius 3 is 2.70 bits per heavy atom. The van der Waals surface area contributed by atoms with Gasteiger partial charge in [-0.3, -0.25) is 4.90 Å². The van der Waals surface area contributed by atoms with Crippen LogP contribution in [0.1, 0.15) is 36.8 Å². The van der Waals surface area contributed by atoms with Gasteiger partial charge in [-0.2, -0.15) is 0 Å². The van der Waals surface area contributed by atoms with Gasteiger partial charge in [0.2, 0.25) is 0 Å². The number of nitrogens with zero attached hydrogens (tertiary/aromatic N) is 2. The Hall–Kier alpha value is -1.27. The number of hydrogen-bond donors (Lipinski definition) is 0. The molecule has 1 aliphatic heterocycles. The van der Waals surface area contributed by atoms with Crippen LogP contribution in [0.3, 0.4) is 0 Å². The van der Waals surface area contributed by atoms with Gasteiger partial charge in [-0.25, -0.2) is 0 Å². The van der Waals surface area contributed by atoms with Gasteiger partial charge >= 0.3 is 0 Å². The van der Waals surface area contributed by atoms with Crippen molar-refractivity contribution in [1.29, 1.82) is 0 Å². The van der Waals surface area contributed by atoms with Crippen molar-refractivity contribution >= 4 is 30.0 Å². The molecule has 0 bridgehead atoms. The summed E-state index contributed by atoms with van der Waals surface area (Å²) >= 11 is 1.86. The molecule has 0 aliphatic carbocycles. The number of fused-ring (bicyclic) bond motifs is 1. The summed E-state index contributed by atoms with van der Waals surface area (Å²) in [5, 5.41) is 0.307. The molecule has 6 heteroatoms. The maximum Gasteiger partial charge on any atom is 0.129 e. The van der Waals surface area contributed by atoms with E-state index in [4.69, 9.17) is 4.42 Å². The van der Waals surface area contributed by atoms with E-state index in [2.05, 4.69) is 54.2 Å². The van der Waals surface area contributed by atoms with E-state index in [1.54, 1.807) is 6.92 Å². The highest BCUT2D eigenvalue weighted by Gasteiger charge is 2.27. The Kier molecular flexibility index (Phi) is 8.42. The highest BCUT2D eigenvalue weighted by molar-refractivity contribution is 7.99. The van der Waals surface area contributed by atoms with Gasteiger partial charge in [-0.1, -0.05) is 18.2 Å². The molecule has 0 saturated carbocycles. The lowest BCUT2D eigenvalue weighted by atomic mass is 10.1. The molecular formula is C21H29ClN2O2S. The number of benzene rings is 1. The van der Waals surface area contributed by atoms with Crippen molar-refractivity contribution in [3.8, 4) is 0 Å². The average molecular weight is 409 g/mol. The molecule has 1 aromatic heterocycles. The van der Waals surface area contributed by atoms with Crippen molar-refractivity contribution < 1.29 is 9.21 Å². The topological polar surface area (TPSA) is 36.7 Å². The lowest BCUT2D eigenvalue weighted by molar-refractivity contribution is -0.117. The van der Waals surface area contributed by atoms with Gasteiger partial charge < -0.3 is 14.1 Å².